The van der Waals surface area contributed by atoms with Crippen LogP contribution in [-0.4, -0.2) is 31.9 Å². The van der Waals surface area contributed by atoms with Gasteiger partial charge >= 0.3 is 0 Å². The van der Waals surface area contributed by atoms with Crippen molar-refractivity contribution in [2.75, 3.05) is 13.1 Å². The van der Waals surface area contributed by atoms with E-state index >= 15 is 0 Å². The first-order valence-electron chi connectivity index (χ1n) is 5.43. The van der Waals surface area contributed by atoms with Crippen LogP contribution in [0.2, 0.25) is 0 Å². The highest BCUT2D eigenvalue weighted by Crippen LogP contribution is 2.23. The second-order valence-electron chi connectivity index (χ2n) is 4.35. The molecule has 1 heterocycles. The van der Waals surface area contributed by atoms with Gasteiger partial charge < -0.3 is 5.73 Å². The lowest BCUT2D eigenvalue weighted by atomic mass is 10.2. The SMILES string of the molecule is Cc1ccc(S(=O)(=O)N2CC[C@@H](N)C2)c(F)c1. The quantitative estimate of drug-likeness (QED) is 0.855. The fourth-order valence-electron chi connectivity index (χ4n) is 1.93. The molecule has 2 N–H and O–H groups in total. The first kappa shape index (κ1) is 12.5. The first-order valence-corrected chi connectivity index (χ1v) is 6.87. The van der Waals surface area contributed by atoms with Gasteiger partial charge in [0.05, 0.1) is 0 Å². The molecule has 1 aliphatic rings. The van der Waals surface area contributed by atoms with Crippen LogP contribution >= 0.6 is 0 Å². The summed E-state index contributed by atoms with van der Waals surface area (Å²) in [6.45, 7) is 2.33. The fraction of sp³-hybridized carbons (Fsp3) is 0.455. The second-order valence-corrected chi connectivity index (χ2v) is 6.25. The number of nitrogens with zero attached hydrogens (tertiary/aromatic N) is 1. The highest BCUT2D eigenvalue weighted by atomic mass is 32.2. The van der Waals surface area contributed by atoms with Gasteiger partial charge in [0.15, 0.2) is 0 Å². The van der Waals surface area contributed by atoms with Crippen molar-refractivity contribution in [3.05, 3.63) is 29.6 Å². The molecule has 0 bridgehead atoms. The van der Waals surface area contributed by atoms with Crippen LogP contribution in [-0.2, 0) is 10.0 Å². The van der Waals surface area contributed by atoms with E-state index in [1.54, 1.807) is 13.0 Å². The third-order valence-corrected chi connectivity index (χ3v) is 4.79. The van der Waals surface area contributed by atoms with E-state index in [9.17, 15) is 12.8 Å². The summed E-state index contributed by atoms with van der Waals surface area (Å²) in [5, 5.41) is 0. The van der Waals surface area contributed by atoms with Crippen molar-refractivity contribution >= 4 is 10.0 Å². The summed E-state index contributed by atoms with van der Waals surface area (Å²) in [4.78, 5) is -0.266. The van der Waals surface area contributed by atoms with Crippen molar-refractivity contribution in [2.45, 2.75) is 24.3 Å². The smallest absolute Gasteiger partial charge is 0.246 e. The molecular formula is C11H15FN2O2S. The van der Waals surface area contributed by atoms with Crippen molar-refractivity contribution in [1.82, 2.24) is 4.31 Å². The molecule has 2 rings (SSSR count). The van der Waals surface area contributed by atoms with Crippen molar-refractivity contribution in [3.8, 4) is 0 Å². The zero-order chi connectivity index (χ0) is 12.6. The lowest BCUT2D eigenvalue weighted by molar-refractivity contribution is 0.465. The summed E-state index contributed by atoms with van der Waals surface area (Å²) in [7, 11) is -3.74. The van der Waals surface area contributed by atoms with Crippen LogP contribution in [0.3, 0.4) is 0 Å². The largest absolute Gasteiger partial charge is 0.326 e. The van der Waals surface area contributed by atoms with Crippen LogP contribution in [0.1, 0.15) is 12.0 Å². The van der Waals surface area contributed by atoms with Crippen molar-refractivity contribution in [3.63, 3.8) is 0 Å². The number of aryl methyl sites for hydroxylation is 1. The number of sulfonamides is 1. The zero-order valence-electron chi connectivity index (χ0n) is 9.56. The molecule has 0 unspecified atom stereocenters. The summed E-state index contributed by atoms with van der Waals surface area (Å²) in [5.74, 6) is -0.703. The number of halogens is 1. The summed E-state index contributed by atoms with van der Waals surface area (Å²) >= 11 is 0. The van der Waals surface area contributed by atoms with E-state index in [2.05, 4.69) is 0 Å². The lowest BCUT2D eigenvalue weighted by Gasteiger charge is -2.16. The van der Waals surface area contributed by atoms with Crippen molar-refractivity contribution in [2.24, 2.45) is 5.73 Å². The van der Waals surface area contributed by atoms with Gasteiger partial charge in [-0.2, -0.15) is 4.31 Å². The molecule has 1 aliphatic heterocycles. The molecule has 1 atom stereocenters. The number of benzene rings is 1. The topological polar surface area (TPSA) is 63.4 Å². The lowest BCUT2D eigenvalue weighted by Crippen LogP contribution is -2.32. The average molecular weight is 258 g/mol. The third kappa shape index (κ3) is 2.34. The summed E-state index contributed by atoms with van der Waals surface area (Å²) < 4.78 is 39.2. The van der Waals surface area contributed by atoms with E-state index in [-0.39, 0.29) is 17.5 Å². The summed E-state index contributed by atoms with van der Waals surface area (Å²) in [5.41, 5.74) is 6.36. The van der Waals surface area contributed by atoms with Gasteiger partial charge in [-0.25, -0.2) is 12.8 Å². The zero-order valence-corrected chi connectivity index (χ0v) is 10.4. The molecule has 1 fully saturated rings. The second kappa shape index (κ2) is 4.36. The van der Waals surface area contributed by atoms with Gasteiger partial charge in [-0.1, -0.05) is 6.07 Å². The minimum atomic E-state index is -3.74. The standard InChI is InChI=1S/C11H15FN2O2S/c1-8-2-3-11(10(12)6-8)17(15,16)14-5-4-9(13)7-14/h2-3,6,9H,4-5,7,13H2,1H3/t9-/m1/s1. The predicted molar refractivity (Wildman–Crippen MR) is 62.5 cm³/mol. The molecule has 1 aromatic rings. The normalized spacial score (nSPS) is 21.9. The van der Waals surface area contributed by atoms with Gasteiger partial charge in [-0.05, 0) is 31.0 Å². The van der Waals surface area contributed by atoms with E-state index in [0.717, 1.165) is 0 Å². The Morgan fingerprint density at radius 2 is 2.18 bits per heavy atom. The molecule has 0 aromatic heterocycles. The Kier molecular flexibility index (Phi) is 3.20. The summed E-state index contributed by atoms with van der Waals surface area (Å²) in [6.07, 6.45) is 0.618. The maximum absolute atomic E-state index is 13.7. The third-order valence-electron chi connectivity index (χ3n) is 2.89. The monoisotopic (exact) mass is 258 g/mol. The van der Waals surface area contributed by atoms with Gasteiger partial charge in [0.25, 0.3) is 0 Å². The van der Waals surface area contributed by atoms with Gasteiger partial charge in [-0.3, -0.25) is 0 Å². The van der Waals surface area contributed by atoms with Crippen LogP contribution in [0.4, 0.5) is 4.39 Å². The predicted octanol–water partition coefficient (Wildman–Crippen LogP) is 0.856. The molecule has 0 radical (unpaired) electrons. The Morgan fingerprint density at radius 1 is 1.47 bits per heavy atom. The molecule has 0 saturated carbocycles. The highest BCUT2D eigenvalue weighted by molar-refractivity contribution is 7.89. The molecule has 0 aliphatic carbocycles. The molecular weight excluding hydrogens is 243 g/mol. The maximum atomic E-state index is 13.7. The Hall–Kier alpha value is -0.980. The van der Waals surface area contributed by atoms with Crippen molar-refractivity contribution < 1.29 is 12.8 Å². The van der Waals surface area contributed by atoms with Crippen LogP contribution in [0, 0.1) is 12.7 Å². The van der Waals surface area contributed by atoms with E-state index in [4.69, 9.17) is 5.73 Å². The number of nitrogens with two attached hydrogens (primary N) is 1. The Labute approximate surface area is 100 Å². The van der Waals surface area contributed by atoms with Crippen LogP contribution in [0.15, 0.2) is 23.1 Å². The van der Waals surface area contributed by atoms with E-state index in [1.807, 2.05) is 0 Å². The van der Waals surface area contributed by atoms with Crippen LogP contribution in [0.5, 0.6) is 0 Å². The van der Waals surface area contributed by atoms with E-state index in [0.29, 0.717) is 18.5 Å². The van der Waals surface area contributed by atoms with E-state index in [1.165, 1.54) is 16.4 Å². The van der Waals surface area contributed by atoms with Gasteiger partial charge in [0.2, 0.25) is 10.0 Å². The summed E-state index contributed by atoms with van der Waals surface area (Å²) in [6, 6.07) is 3.97. The first-order chi connectivity index (χ1) is 7.91. The van der Waals surface area contributed by atoms with Crippen LogP contribution < -0.4 is 5.73 Å². The Balaban J connectivity index is 2.38. The molecule has 0 amide bonds. The number of hydrogen-bond donors (Lipinski definition) is 1. The fourth-order valence-corrected chi connectivity index (χ4v) is 3.48. The molecule has 1 saturated heterocycles. The molecule has 4 nitrogen and oxygen atoms in total. The molecule has 0 spiro atoms. The number of rotatable bonds is 2. The Morgan fingerprint density at radius 3 is 2.71 bits per heavy atom. The van der Waals surface area contributed by atoms with Gasteiger partial charge in [-0.15, -0.1) is 0 Å². The molecule has 17 heavy (non-hydrogen) atoms. The minimum absolute atomic E-state index is 0.154. The van der Waals surface area contributed by atoms with Gasteiger partial charge in [0.1, 0.15) is 10.7 Å². The van der Waals surface area contributed by atoms with Crippen molar-refractivity contribution in [1.29, 1.82) is 0 Å². The number of hydrogen-bond acceptors (Lipinski definition) is 3. The molecule has 94 valence electrons. The molecule has 1 aromatic carbocycles. The molecule has 6 heteroatoms. The van der Waals surface area contributed by atoms with Crippen LogP contribution in [0.25, 0.3) is 0 Å². The average Bonchev–Trinajstić information content (AvgIpc) is 2.64. The highest BCUT2D eigenvalue weighted by Gasteiger charge is 2.32. The maximum Gasteiger partial charge on any atom is 0.246 e. The Bertz CT molecular complexity index is 530. The van der Waals surface area contributed by atoms with E-state index < -0.39 is 15.8 Å². The van der Waals surface area contributed by atoms with Gasteiger partial charge in [0, 0.05) is 19.1 Å². The minimum Gasteiger partial charge on any atom is -0.326 e.